The summed E-state index contributed by atoms with van der Waals surface area (Å²) < 4.78 is 0. The molecule has 0 spiro atoms. The summed E-state index contributed by atoms with van der Waals surface area (Å²) in [7, 11) is 0. The van der Waals surface area contributed by atoms with Crippen LogP contribution in [0.25, 0.3) is 11.3 Å². The Balaban J connectivity index is 2.19. The first-order chi connectivity index (χ1) is 9.70. The van der Waals surface area contributed by atoms with Crippen LogP contribution in [0.15, 0.2) is 30.3 Å². The van der Waals surface area contributed by atoms with Crippen LogP contribution in [0.4, 0.5) is 0 Å². The van der Waals surface area contributed by atoms with Gasteiger partial charge in [0.25, 0.3) is 0 Å². The second-order valence-electron chi connectivity index (χ2n) is 4.94. The van der Waals surface area contributed by atoms with E-state index in [1.165, 1.54) is 0 Å². The van der Waals surface area contributed by atoms with Crippen molar-refractivity contribution in [2.45, 2.75) is 39.5 Å². The van der Waals surface area contributed by atoms with Crippen molar-refractivity contribution in [1.29, 1.82) is 0 Å². The highest BCUT2D eigenvalue weighted by molar-refractivity contribution is 5.60. The molecule has 0 radical (unpaired) electrons. The van der Waals surface area contributed by atoms with E-state index in [0.29, 0.717) is 13.1 Å². The number of hydrogen-bond donors (Lipinski definition) is 2. The van der Waals surface area contributed by atoms with E-state index in [9.17, 15) is 5.11 Å². The number of aliphatic hydroxyl groups excluding tert-OH is 1. The Morgan fingerprint density at radius 2 is 2.00 bits per heavy atom. The summed E-state index contributed by atoms with van der Waals surface area (Å²) in [5.41, 5.74) is 2.91. The van der Waals surface area contributed by atoms with Gasteiger partial charge >= 0.3 is 0 Å². The molecule has 0 bridgehead atoms. The molecule has 5 nitrogen and oxygen atoms in total. The minimum Gasteiger partial charge on any atom is -0.392 e. The number of nitrogens with zero attached hydrogens (tertiary/aromatic N) is 3. The summed E-state index contributed by atoms with van der Waals surface area (Å²) in [5.74, 6) is 0. The maximum atomic E-state index is 9.30. The second-order valence-corrected chi connectivity index (χ2v) is 4.94. The van der Waals surface area contributed by atoms with Gasteiger partial charge in [-0.05, 0) is 13.3 Å². The van der Waals surface area contributed by atoms with Crippen LogP contribution in [0.3, 0.4) is 0 Å². The van der Waals surface area contributed by atoms with E-state index in [2.05, 4.69) is 22.4 Å². The average Bonchev–Trinajstić information content (AvgIpc) is 2.83. The third kappa shape index (κ3) is 3.88. The average molecular weight is 274 g/mol. The van der Waals surface area contributed by atoms with E-state index in [0.717, 1.165) is 29.9 Å². The number of hydrogen-bond acceptors (Lipinski definition) is 4. The summed E-state index contributed by atoms with van der Waals surface area (Å²) in [6.07, 6.45) is 0.643. The molecule has 0 saturated heterocycles. The number of aromatic nitrogens is 3. The van der Waals surface area contributed by atoms with Gasteiger partial charge in [0.2, 0.25) is 0 Å². The lowest BCUT2D eigenvalue weighted by Crippen LogP contribution is -2.24. The third-order valence-electron chi connectivity index (χ3n) is 2.93. The van der Waals surface area contributed by atoms with Crippen molar-refractivity contribution in [2.24, 2.45) is 0 Å². The molecule has 2 rings (SSSR count). The Labute approximate surface area is 119 Å². The maximum absolute atomic E-state index is 9.30. The Bertz CT molecular complexity index is 522. The van der Waals surface area contributed by atoms with Gasteiger partial charge in [0.15, 0.2) is 0 Å². The molecule has 1 atom stereocenters. The molecule has 0 aliphatic heterocycles. The minimum atomic E-state index is -0.360. The van der Waals surface area contributed by atoms with Gasteiger partial charge in [-0.3, -0.25) is 0 Å². The summed E-state index contributed by atoms with van der Waals surface area (Å²) >= 11 is 0. The molecule has 1 aromatic carbocycles. The summed E-state index contributed by atoms with van der Waals surface area (Å²) in [5, 5.41) is 21.6. The summed E-state index contributed by atoms with van der Waals surface area (Å²) in [4.78, 5) is 1.75. The highest BCUT2D eigenvalue weighted by Crippen LogP contribution is 2.19. The third-order valence-corrected chi connectivity index (χ3v) is 2.93. The topological polar surface area (TPSA) is 63.0 Å². The molecule has 0 aliphatic carbocycles. The highest BCUT2D eigenvalue weighted by atomic mass is 16.3. The molecule has 20 heavy (non-hydrogen) atoms. The van der Waals surface area contributed by atoms with Crippen LogP contribution in [0.2, 0.25) is 0 Å². The van der Waals surface area contributed by atoms with E-state index in [1.807, 2.05) is 30.3 Å². The lowest BCUT2D eigenvalue weighted by Gasteiger charge is -2.05. The second kappa shape index (κ2) is 7.17. The maximum Gasteiger partial charge on any atom is 0.117 e. The van der Waals surface area contributed by atoms with Crippen molar-refractivity contribution in [1.82, 2.24) is 20.3 Å². The fraction of sp³-hybridized carbons (Fsp3) is 0.467. The lowest BCUT2D eigenvalue weighted by molar-refractivity contribution is 0.191. The fourth-order valence-corrected chi connectivity index (χ4v) is 2.02. The number of aliphatic hydroxyl groups is 1. The molecule has 0 aliphatic rings. The smallest absolute Gasteiger partial charge is 0.117 e. The molecule has 0 amide bonds. The Hall–Kier alpha value is -1.72. The zero-order valence-corrected chi connectivity index (χ0v) is 12.1. The lowest BCUT2D eigenvalue weighted by atomic mass is 10.1. The number of aryl methyl sites for hydroxylation is 1. The first-order valence-electron chi connectivity index (χ1n) is 7.09. The molecule has 0 fully saturated rings. The normalized spacial score (nSPS) is 12.6. The molecule has 2 aromatic rings. The van der Waals surface area contributed by atoms with Crippen molar-refractivity contribution in [3.05, 3.63) is 36.0 Å². The van der Waals surface area contributed by atoms with Gasteiger partial charge in [-0.15, -0.1) is 0 Å². The predicted octanol–water partition coefficient (Wildman–Crippen LogP) is 1.83. The van der Waals surface area contributed by atoms with Gasteiger partial charge < -0.3 is 10.4 Å². The number of rotatable bonds is 7. The van der Waals surface area contributed by atoms with Gasteiger partial charge in [0.05, 0.1) is 12.6 Å². The van der Waals surface area contributed by atoms with Gasteiger partial charge in [0.1, 0.15) is 11.4 Å². The molecular formula is C15H22N4O. The first-order valence-corrected chi connectivity index (χ1v) is 7.09. The number of benzene rings is 1. The fourth-order valence-electron chi connectivity index (χ4n) is 2.02. The Morgan fingerprint density at radius 1 is 1.25 bits per heavy atom. The summed E-state index contributed by atoms with van der Waals surface area (Å²) in [6.45, 7) is 5.85. The molecule has 1 heterocycles. The molecule has 1 aromatic heterocycles. The SMILES string of the molecule is CCCn1nc(CNCC(C)O)c(-c2ccccc2)n1. The Morgan fingerprint density at radius 3 is 2.65 bits per heavy atom. The van der Waals surface area contributed by atoms with Gasteiger partial charge in [-0.25, -0.2) is 0 Å². The van der Waals surface area contributed by atoms with Crippen molar-refractivity contribution in [3.63, 3.8) is 0 Å². The van der Waals surface area contributed by atoms with Crippen molar-refractivity contribution in [3.8, 4) is 11.3 Å². The van der Waals surface area contributed by atoms with E-state index >= 15 is 0 Å². The molecular weight excluding hydrogens is 252 g/mol. The first kappa shape index (κ1) is 14.7. The molecule has 1 unspecified atom stereocenters. The van der Waals surface area contributed by atoms with Crippen molar-refractivity contribution < 1.29 is 5.11 Å². The van der Waals surface area contributed by atoms with E-state index in [-0.39, 0.29) is 6.10 Å². The van der Waals surface area contributed by atoms with Gasteiger partial charge in [0, 0.05) is 18.7 Å². The monoisotopic (exact) mass is 274 g/mol. The number of nitrogens with one attached hydrogen (secondary N) is 1. The van der Waals surface area contributed by atoms with E-state index in [1.54, 1.807) is 11.7 Å². The van der Waals surface area contributed by atoms with Crippen LogP contribution >= 0.6 is 0 Å². The van der Waals surface area contributed by atoms with Crippen molar-refractivity contribution >= 4 is 0 Å². The van der Waals surface area contributed by atoms with Gasteiger partial charge in [-0.1, -0.05) is 37.3 Å². The molecule has 5 heteroatoms. The van der Waals surface area contributed by atoms with Crippen LogP contribution in [-0.2, 0) is 13.1 Å². The molecule has 2 N–H and O–H groups in total. The van der Waals surface area contributed by atoms with Crippen LogP contribution in [0.5, 0.6) is 0 Å². The quantitative estimate of drug-likeness (QED) is 0.808. The minimum absolute atomic E-state index is 0.360. The summed E-state index contributed by atoms with van der Waals surface area (Å²) in [6, 6.07) is 10.1. The standard InChI is InChI=1S/C15H22N4O/c1-3-9-19-17-14(11-16-10-12(2)20)15(18-19)13-7-5-4-6-8-13/h4-8,12,16,20H,3,9-11H2,1-2H3. The Kier molecular flexibility index (Phi) is 5.26. The molecule has 0 saturated carbocycles. The van der Waals surface area contributed by atoms with Crippen LogP contribution in [0, 0.1) is 0 Å². The largest absolute Gasteiger partial charge is 0.392 e. The van der Waals surface area contributed by atoms with Crippen LogP contribution < -0.4 is 5.32 Å². The predicted molar refractivity (Wildman–Crippen MR) is 79.1 cm³/mol. The highest BCUT2D eigenvalue weighted by Gasteiger charge is 2.12. The van der Waals surface area contributed by atoms with Crippen molar-refractivity contribution in [2.75, 3.05) is 6.54 Å². The van der Waals surface area contributed by atoms with Crippen LogP contribution in [0.1, 0.15) is 26.0 Å². The van der Waals surface area contributed by atoms with E-state index in [4.69, 9.17) is 0 Å². The van der Waals surface area contributed by atoms with E-state index < -0.39 is 0 Å². The zero-order valence-electron chi connectivity index (χ0n) is 12.1. The van der Waals surface area contributed by atoms with Gasteiger partial charge in [-0.2, -0.15) is 15.0 Å². The molecule has 108 valence electrons. The van der Waals surface area contributed by atoms with Crippen LogP contribution in [-0.4, -0.2) is 32.7 Å². The zero-order chi connectivity index (χ0) is 14.4.